The van der Waals surface area contributed by atoms with Gasteiger partial charge >= 0.3 is 0 Å². The maximum atomic E-state index is 13.1. The quantitative estimate of drug-likeness (QED) is 0.611. The number of amides is 1. The average molecular weight is 398 g/mol. The third-order valence-corrected chi connectivity index (χ3v) is 4.97. The number of carbonyl (C=O) groups is 1. The van der Waals surface area contributed by atoms with Gasteiger partial charge in [-0.25, -0.2) is 0 Å². The fourth-order valence-electron chi connectivity index (χ4n) is 2.90. The zero-order chi connectivity index (χ0) is 19.4. The maximum absolute atomic E-state index is 13.1. The minimum absolute atomic E-state index is 0.181. The van der Waals surface area contributed by atoms with Crippen molar-refractivity contribution in [2.45, 2.75) is 12.5 Å². The van der Waals surface area contributed by atoms with Crippen molar-refractivity contribution < 1.29 is 4.79 Å². The first-order chi connectivity index (χ1) is 13.0. The summed E-state index contributed by atoms with van der Waals surface area (Å²) < 4.78 is 0. The summed E-state index contributed by atoms with van der Waals surface area (Å²) in [7, 11) is 0. The Morgan fingerprint density at radius 3 is 2.85 bits per heavy atom. The third kappa shape index (κ3) is 4.00. The van der Waals surface area contributed by atoms with E-state index in [4.69, 9.17) is 28.9 Å². The Balaban J connectivity index is 1.99. The van der Waals surface area contributed by atoms with Crippen LogP contribution in [0.2, 0.25) is 0 Å². The van der Waals surface area contributed by atoms with Gasteiger partial charge in [0.25, 0.3) is 5.91 Å². The number of nitrogens with two attached hydrogens (primary N) is 1. The van der Waals surface area contributed by atoms with Gasteiger partial charge in [0.15, 0.2) is 0 Å². The van der Waals surface area contributed by atoms with Crippen molar-refractivity contribution in [2.75, 3.05) is 11.4 Å². The zero-order valence-electron chi connectivity index (χ0n) is 14.5. The molecule has 0 bridgehead atoms. The van der Waals surface area contributed by atoms with Gasteiger partial charge in [-0.05, 0) is 18.6 Å². The summed E-state index contributed by atoms with van der Waals surface area (Å²) in [6.45, 7) is 4.06. The van der Waals surface area contributed by atoms with Crippen LogP contribution < -0.4 is 10.6 Å². The highest BCUT2D eigenvalue weighted by Gasteiger charge is 2.34. The Morgan fingerprint density at radius 2 is 2.15 bits per heavy atom. The Hall–Kier alpha value is -2.74. The lowest BCUT2D eigenvalue weighted by molar-refractivity contribution is -0.112. The molecule has 1 heterocycles. The van der Waals surface area contributed by atoms with E-state index in [9.17, 15) is 4.79 Å². The Bertz CT molecular complexity index is 990. The molecule has 4 nitrogen and oxygen atoms in total. The first kappa shape index (κ1) is 19.0. The van der Waals surface area contributed by atoms with Crippen LogP contribution in [-0.4, -0.2) is 24.2 Å². The molecule has 27 heavy (non-hydrogen) atoms. The number of carbonyl (C=O) groups excluding carboxylic acids is 1. The van der Waals surface area contributed by atoms with Crippen LogP contribution in [0, 0.1) is 0 Å². The number of fused-ring (bicyclic) bond motifs is 1. The summed E-state index contributed by atoms with van der Waals surface area (Å²) in [4.78, 5) is 19.4. The summed E-state index contributed by atoms with van der Waals surface area (Å²) in [5, 5.41) is 0.955. The lowest BCUT2D eigenvalue weighted by Gasteiger charge is -2.16. The lowest BCUT2D eigenvalue weighted by Crippen LogP contribution is -2.32. The topological polar surface area (TPSA) is 58.7 Å². The summed E-state index contributed by atoms with van der Waals surface area (Å²) in [6.07, 6.45) is 7.05. The fourth-order valence-corrected chi connectivity index (χ4v) is 3.27. The zero-order valence-corrected chi connectivity index (χ0v) is 16.0. The Kier molecular flexibility index (Phi) is 5.85. The standard InChI is InChI=1S/C21H17Cl2N3O/c1-2-14(6-5-11-24)13-26-19-8-4-3-7-16(19)20(21(26)27)25-15-9-10-17(22)18(23)12-15/h2-4,7-8,10-12,15H,1,9,13,24H2. The van der Waals surface area contributed by atoms with Gasteiger partial charge in [0.1, 0.15) is 5.71 Å². The van der Waals surface area contributed by atoms with E-state index in [0.717, 1.165) is 11.3 Å². The molecule has 1 amide bonds. The summed E-state index contributed by atoms with van der Waals surface area (Å²) >= 11 is 12.1. The highest BCUT2D eigenvalue weighted by atomic mass is 35.5. The van der Waals surface area contributed by atoms with E-state index in [1.165, 1.54) is 6.20 Å². The SMILES string of the molecule is C=CC(=C=C=CN)CN1C(=O)C(=NC2C=C(Cl)C(Cl)=CC2)c2ccccc21. The van der Waals surface area contributed by atoms with Crippen molar-refractivity contribution in [2.24, 2.45) is 10.7 Å². The molecule has 0 saturated carbocycles. The van der Waals surface area contributed by atoms with Crippen LogP contribution in [0.25, 0.3) is 0 Å². The number of allylic oxidation sites excluding steroid dienone is 2. The normalized spacial score (nSPS) is 19.6. The summed E-state index contributed by atoms with van der Waals surface area (Å²) in [6, 6.07) is 7.30. The number of aliphatic imine (C=N–C) groups is 1. The van der Waals surface area contributed by atoms with Crippen molar-refractivity contribution in [1.29, 1.82) is 0 Å². The Morgan fingerprint density at radius 1 is 1.37 bits per heavy atom. The van der Waals surface area contributed by atoms with Crippen LogP contribution in [0.15, 0.2) is 87.4 Å². The molecule has 0 radical (unpaired) electrons. The van der Waals surface area contributed by atoms with Gasteiger partial charge in [0.2, 0.25) is 0 Å². The van der Waals surface area contributed by atoms with Gasteiger partial charge in [-0.2, -0.15) is 0 Å². The average Bonchev–Trinajstić information content (AvgIpc) is 2.93. The van der Waals surface area contributed by atoms with E-state index in [1.807, 2.05) is 30.3 Å². The predicted octanol–water partition coefficient (Wildman–Crippen LogP) is 4.18. The molecule has 6 heteroatoms. The number of anilines is 1. The van der Waals surface area contributed by atoms with E-state index < -0.39 is 0 Å². The van der Waals surface area contributed by atoms with Gasteiger partial charge in [0.05, 0.1) is 28.3 Å². The first-order valence-electron chi connectivity index (χ1n) is 8.30. The molecular weight excluding hydrogens is 381 g/mol. The molecule has 2 N–H and O–H groups in total. The third-order valence-electron chi connectivity index (χ3n) is 4.19. The minimum atomic E-state index is -0.235. The molecule has 2 aliphatic rings. The highest BCUT2D eigenvalue weighted by molar-refractivity contribution is 6.54. The maximum Gasteiger partial charge on any atom is 0.277 e. The van der Waals surface area contributed by atoms with Gasteiger partial charge in [-0.3, -0.25) is 9.79 Å². The largest absolute Gasteiger partial charge is 0.398 e. The molecule has 1 unspecified atom stereocenters. The van der Waals surface area contributed by atoms with Crippen molar-refractivity contribution >= 4 is 40.5 Å². The second-order valence-electron chi connectivity index (χ2n) is 5.92. The smallest absolute Gasteiger partial charge is 0.277 e. The van der Waals surface area contributed by atoms with Crippen LogP contribution in [0.1, 0.15) is 12.0 Å². The van der Waals surface area contributed by atoms with Crippen LogP contribution >= 0.6 is 23.2 Å². The van der Waals surface area contributed by atoms with Crippen molar-refractivity contribution in [3.63, 3.8) is 0 Å². The molecule has 1 aliphatic carbocycles. The second-order valence-corrected chi connectivity index (χ2v) is 6.74. The van der Waals surface area contributed by atoms with Gasteiger partial charge < -0.3 is 10.6 Å². The number of benzene rings is 1. The Labute approximate surface area is 168 Å². The number of nitrogens with zero attached hydrogens (tertiary/aromatic N) is 2. The lowest BCUT2D eigenvalue weighted by atomic mass is 10.1. The van der Waals surface area contributed by atoms with Crippen LogP contribution in [-0.2, 0) is 4.79 Å². The highest BCUT2D eigenvalue weighted by Crippen LogP contribution is 2.32. The van der Waals surface area contributed by atoms with Crippen molar-refractivity contribution in [3.05, 3.63) is 87.9 Å². The minimum Gasteiger partial charge on any atom is -0.398 e. The predicted molar refractivity (Wildman–Crippen MR) is 111 cm³/mol. The molecular formula is C21H17Cl2N3O. The first-order valence-corrected chi connectivity index (χ1v) is 9.06. The molecule has 1 aliphatic heterocycles. The number of rotatable bonds is 4. The van der Waals surface area contributed by atoms with E-state index in [0.29, 0.717) is 34.3 Å². The van der Waals surface area contributed by atoms with Gasteiger partial charge in [-0.15, -0.1) is 0 Å². The van der Waals surface area contributed by atoms with Crippen LogP contribution in [0.3, 0.4) is 0 Å². The van der Waals surface area contributed by atoms with Gasteiger partial charge in [-0.1, -0.05) is 71.6 Å². The molecule has 1 aromatic rings. The van der Waals surface area contributed by atoms with E-state index in [2.05, 4.69) is 23.0 Å². The monoisotopic (exact) mass is 397 g/mol. The summed E-state index contributed by atoms with van der Waals surface area (Å²) in [5.41, 5.74) is 13.6. The second kappa shape index (κ2) is 8.30. The molecule has 0 spiro atoms. The van der Waals surface area contributed by atoms with Crippen molar-refractivity contribution in [3.8, 4) is 0 Å². The van der Waals surface area contributed by atoms with Crippen LogP contribution in [0.4, 0.5) is 5.69 Å². The van der Waals surface area contributed by atoms with E-state index in [-0.39, 0.29) is 11.9 Å². The van der Waals surface area contributed by atoms with Crippen molar-refractivity contribution in [1.82, 2.24) is 0 Å². The molecule has 136 valence electrons. The van der Waals surface area contributed by atoms with E-state index in [1.54, 1.807) is 17.1 Å². The molecule has 3 rings (SSSR count). The number of para-hydroxylation sites is 1. The molecule has 0 fully saturated rings. The van der Waals surface area contributed by atoms with Gasteiger partial charge in [0, 0.05) is 17.3 Å². The summed E-state index contributed by atoms with van der Waals surface area (Å²) in [5.74, 6) is -0.181. The molecule has 1 aromatic carbocycles. The molecule has 0 saturated heterocycles. The number of hydrogen-bond acceptors (Lipinski definition) is 3. The molecule has 0 aromatic heterocycles. The number of hydrogen-bond donors (Lipinski definition) is 1. The fraction of sp³-hybridized carbons (Fsp3) is 0.143. The molecule has 1 atom stereocenters. The number of halogens is 2. The van der Waals surface area contributed by atoms with Crippen LogP contribution in [0.5, 0.6) is 0 Å². The van der Waals surface area contributed by atoms with E-state index >= 15 is 0 Å².